The van der Waals surface area contributed by atoms with E-state index in [0.717, 1.165) is 23.5 Å². The number of benzene rings is 2. The maximum Gasteiger partial charge on any atom is 0.293 e. The molecule has 3 aromatic rings. The number of nitrogens with zero attached hydrogens (tertiary/aromatic N) is 3. The number of carbonyl (C=O) groups excluding carboxylic acids is 1. The first-order chi connectivity index (χ1) is 17.1. The number of amides is 1. The van der Waals surface area contributed by atoms with E-state index >= 15 is 0 Å². The minimum atomic E-state index is -1.55. The van der Waals surface area contributed by atoms with E-state index in [1.54, 1.807) is 31.7 Å². The zero-order valence-corrected chi connectivity index (χ0v) is 20.2. The first-order valence-corrected chi connectivity index (χ1v) is 11.4. The van der Waals surface area contributed by atoms with Crippen LogP contribution in [0.4, 0.5) is 13.2 Å². The van der Waals surface area contributed by atoms with Crippen molar-refractivity contribution < 1.29 is 27.4 Å². The average Bonchev–Trinajstić information content (AvgIpc) is 3.48. The molecule has 36 heavy (non-hydrogen) atoms. The Balaban J connectivity index is 1.52. The summed E-state index contributed by atoms with van der Waals surface area (Å²) in [6, 6.07) is 6.84. The summed E-state index contributed by atoms with van der Waals surface area (Å²) in [4.78, 5) is 19.3. The number of imidazole rings is 1. The van der Waals surface area contributed by atoms with Crippen LogP contribution in [0, 0.1) is 24.4 Å². The molecule has 0 radical (unpaired) electrons. The summed E-state index contributed by atoms with van der Waals surface area (Å²) in [5.74, 6) is -4.00. The van der Waals surface area contributed by atoms with Gasteiger partial charge in [0, 0.05) is 17.5 Å². The van der Waals surface area contributed by atoms with Gasteiger partial charge in [0.15, 0.2) is 23.2 Å². The van der Waals surface area contributed by atoms with Gasteiger partial charge in [0.1, 0.15) is 11.4 Å². The van der Waals surface area contributed by atoms with Gasteiger partial charge in [-0.15, -0.1) is 0 Å². The molecule has 3 heterocycles. The van der Waals surface area contributed by atoms with Gasteiger partial charge in [-0.2, -0.15) is 0 Å². The minimum Gasteiger partial charge on any atom is -0.495 e. The molecule has 1 amide bonds. The fourth-order valence-corrected chi connectivity index (χ4v) is 4.71. The normalized spacial score (nSPS) is 19.8. The van der Waals surface area contributed by atoms with Crippen LogP contribution in [0.3, 0.4) is 0 Å². The third-order valence-electron chi connectivity index (χ3n) is 6.48. The summed E-state index contributed by atoms with van der Waals surface area (Å²) in [5, 5.41) is 0. The van der Waals surface area contributed by atoms with Crippen molar-refractivity contribution in [3.8, 4) is 11.4 Å². The van der Waals surface area contributed by atoms with Gasteiger partial charge < -0.3 is 14.0 Å². The molecule has 5 rings (SSSR count). The Labute approximate surface area is 206 Å². The van der Waals surface area contributed by atoms with Crippen molar-refractivity contribution in [2.75, 3.05) is 7.11 Å². The molecule has 2 aliphatic heterocycles. The van der Waals surface area contributed by atoms with Crippen LogP contribution in [0.5, 0.6) is 5.75 Å². The van der Waals surface area contributed by atoms with Crippen molar-refractivity contribution >= 4 is 17.7 Å². The van der Waals surface area contributed by atoms with Crippen LogP contribution in [0.15, 0.2) is 54.7 Å². The Hall–Kier alpha value is -4.01. The van der Waals surface area contributed by atoms with Crippen LogP contribution in [-0.2, 0) is 9.53 Å². The number of halogens is 3. The molecule has 2 aliphatic rings. The van der Waals surface area contributed by atoms with E-state index in [2.05, 4.69) is 4.98 Å². The first kappa shape index (κ1) is 23.7. The molecule has 1 atom stereocenters. The van der Waals surface area contributed by atoms with Gasteiger partial charge in [-0.3, -0.25) is 9.69 Å². The standard InChI is InChI=1S/C27H24F3N3O3/c1-15-13-32(14-31-15)21-6-5-16(9-22(21)35-4)10-23-26(34)33-20(7-8-24(33)27(2,3)36-23)17-11-18(28)25(30)19(29)12-17/h5-7,9-14,24H,8H2,1-4H3/b23-10+/t24-/m0/s1. The summed E-state index contributed by atoms with van der Waals surface area (Å²) >= 11 is 0. The van der Waals surface area contributed by atoms with E-state index in [0.29, 0.717) is 23.4 Å². The van der Waals surface area contributed by atoms with Crippen LogP contribution in [0.1, 0.15) is 37.1 Å². The number of carbonyl (C=O) groups is 1. The molecule has 186 valence electrons. The topological polar surface area (TPSA) is 56.6 Å². The fourth-order valence-electron chi connectivity index (χ4n) is 4.71. The van der Waals surface area contributed by atoms with E-state index in [9.17, 15) is 18.0 Å². The lowest BCUT2D eigenvalue weighted by Gasteiger charge is -2.44. The van der Waals surface area contributed by atoms with Crippen LogP contribution in [-0.4, -0.2) is 39.1 Å². The summed E-state index contributed by atoms with van der Waals surface area (Å²) in [5.41, 5.74) is 1.90. The molecule has 2 aromatic carbocycles. The SMILES string of the molecule is COc1cc(/C=C2/OC(C)(C)[C@@H]3CC=C(c4cc(F)c(F)c(F)c4)N3C2=O)ccc1-n1cnc(C)c1. The van der Waals surface area contributed by atoms with E-state index in [1.165, 1.54) is 4.90 Å². The molecule has 1 aromatic heterocycles. The van der Waals surface area contributed by atoms with Gasteiger partial charge in [0.05, 0.1) is 30.9 Å². The van der Waals surface area contributed by atoms with Crippen molar-refractivity contribution in [3.63, 3.8) is 0 Å². The molecule has 0 unspecified atom stereocenters. The number of morpholine rings is 1. The molecule has 0 N–H and O–H groups in total. The van der Waals surface area contributed by atoms with Crippen molar-refractivity contribution in [1.29, 1.82) is 0 Å². The van der Waals surface area contributed by atoms with Crippen LogP contribution in [0.2, 0.25) is 0 Å². The maximum absolute atomic E-state index is 14.0. The summed E-state index contributed by atoms with van der Waals surface area (Å²) in [7, 11) is 1.55. The summed E-state index contributed by atoms with van der Waals surface area (Å²) < 4.78 is 55.0. The fraction of sp³-hybridized carbons (Fsp3) is 0.259. The Morgan fingerprint density at radius 1 is 1.17 bits per heavy atom. The molecular formula is C27H24F3N3O3. The zero-order chi connectivity index (χ0) is 25.8. The van der Waals surface area contributed by atoms with E-state index in [4.69, 9.17) is 9.47 Å². The number of rotatable bonds is 4. The van der Waals surface area contributed by atoms with Gasteiger partial charge in [-0.1, -0.05) is 12.1 Å². The first-order valence-electron chi connectivity index (χ1n) is 11.4. The third-order valence-corrected chi connectivity index (χ3v) is 6.48. The van der Waals surface area contributed by atoms with Crippen molar-refractivity contribution in [3.05, 3.63) is 89.0 Å². The summed E-state index contributed by atoms with van der Waals surface area (Å²) in [6.45, 7) is 5.58. The molecular weight excluding hydrogens is 471 g/mol. The van der Waals surface area contributed by atoms with Crippen molar-refractivity contribution in [1.82, 2.24) is 14.5 Å². The zero-order valence-electron chi connectivity index (χ0n) is 20.2. The maximum atomic E-state index is 14.0. The lowest BCUT2D eigenvalue weighted by Crippen LogP contribution is -2.55. The molecule has 9 heteroatoms. The smallest absolute Gasteiger partial charge is 0.293 e. The molecule has 0 spiro atoms. The molecule has 0 bridgehead atoms. The molecule has 0 saturated carbocycles. The monoisotopic (exact) mass is 495 g/mol. The minimum absolute atomic E-state index is 0.0698. The quantitative estimate of drug-likeness (QED) is 0.359. The Morgan fingerprint density at radius 2 is 1.89 bits per heavy atom. The highest BCUT2D eigenvalue weighted by atomic mass is 19.2. The highest BCUT2D eigenvalue weighted by Gasteiger charge is 2.49. The van der Waals surface area contributed by atoms with Gasteiger partial charge in [0.25, 0.3) is 5.91 Å². The Bertz CT molecular complexity index is 1420. The molecule has 6 nitrogen and oxygen atoms in total. The van der Waals surface area contributed by atoms with E-state index in [1.807, 2.05) is 43.7 Å². The number of aromatic nitrogens is 2. The lowest BCUT2D eigenvalue weighted by atomic mass is 9.93. The predicted octanol–water partition coefficient (Wildman–Crippen LogP) is 5.40. The highest BCUT2D eigenvalue weighted by molar-refractivity contribution is 6.02. The second kappa shape index (κ2) is 8.58. The van der Waals surface area contributed by atoms with Gasteiger partial charge in [-0.05, 0) is 63.1 Å². The van der Waals surface area contributed by atoms with Gasteiger partial charge in [-0.25, -0.2) is 18.2 Å². The van der Waals surface area contributed by atoms with Crippen molar-refractivity contribution in [2.45, 2.75) is 38.8 Å². The van der Waals surface area contributed by atoms with Gasteiger partial charge in [0.2, 0.25) is 0 Å². The van der Waals surface area contributed by atoms with E-state index < -0.39 is 35.0 Å². The van der Waals surface area contributed by atoms with E-state index in [-0.39, 0.29) is 11.3 Å². The number of ether oxygens (including phenoxy) is 2. The van der Waals surface area contributed by atoms with Crippen LogP contribution >= 0.6 is 0 Å². The predicted molar refractivity (Wildman–Crippen MR) is 128 cm³/mol. The molecule has 1 fully saturated rings. The number of fused-ring (bicyclic) bond motifs is 1. The number of hydrogen-bond acceptors (Lipinski definition) is 4. The second-order valence-electron chi connectivity index (χ2n) is 9.34. The largest absolute Gasteiger partial charge is 0.495 e. The van der Waals surface area contributed by atoms with Gasteiger partial charge >= 0.3 is 0 Å². The number of aryl methyl sites for hydroxylation is 1. The Kier molecular flexibility index (Phi) is 5.65. The number of hydrogen-bond donors (Lipinski definition) is 0. The highest BCUT2D eigenvalue weighted by Crippen LogP contribution is 2.43. The van der Waals surface area contributed by atoms with Crippen LogP contribution < -0.4 is 4.74 Å². The lowest BCUT2D eigenvalue weighted by molar-refractivity contribution is -0.147. The number of methoxy groups -OCH3 is 1. The Morgan fingerprint density at radius 3 is 2.53 bits per heavy atom. The summed E-state index contributed by atoms with van der Waals surface area (Å²) in [6.07, 6.45) is 7.30. The van der Waals surface area contributed by atoms with Crippen LogP contribution in [0.25, 0.3) is 17.5 Å². The molecule has 1 saturated heterocycles. The van der Waals surface area contributed by atoms with Crippen molar-refractivity contribution in [2.24, 2.45) is 0 Å². The average molecular weight is 496 g/mol. The third kappa shape index (κ3) is 3.94. The second-order valence-corrected chi connectivity index (χ2v) is 9.34. The molecule has 0 aliphatic carbocycles.